The van der Waals surface area contributed by atoms with Gasteiger partial charge in [0.25, 0.3) is 5.91 Å². The molecule has 2 atom stereocenters. The number of carboxylic acid groups (broad SMARTS) is 1. The summed E-state index contributed by atoms with van der Waals surface area (Å²) in [4.78, 5) is 25.2. The fourth-order valence-corrected chi connectivity index (χ4v) is 4.45. The van der Waals surface area contributed by atoms with Crippen LogP contribution < -0.4 is 5.32 Å². The second-order valence-electron chi connectivity index (χ2n) is 8.28. The molecule has 1 aliphatic heterocycles. The molecule has 1 saturated heterocycles. The Morgan fingerprint density at radius 3 is 2.49 bits per heavy atom. The average molecular weight is 495 g/mol. The maximum Gasteiger partial charge on any atom is 0.407 e. The second-order valence-corrected chi connectivity index (χ2v) is 8.69. The summed E-state index contributed by atoms with van der Waals surface area (Å²) in [5.41, 5.74) is 2.80. The van der Waals surface area contributed by atoms with Gasteiger partial charge in [-0.25, -0.2) is 13.9 Å². The van der Waals surface area contributed by atoms with Crippen molar-refractivity contribution in [3.8, 4) is 16.9 Å². The quantitative estimate of drug-likeness (QED) is 0.398. The smallest absolute Gasteiger partial charge is 0.407 e. The summed E-state index contributed by atoms with van der Waals surface area (Å²) in [6, 6.07) is 17.4. The molecule has 178 valence electrons. The van der Waals surface area contributed by atoms with Crippen molar-refractivity contribution in [1.82, 2.24) is 20.0 Å². The van der Waals surface area contributed by atoms with Gasteiger partial charge in [-0.15, -0.1) is 0 Å². The van der Waals surface area contributed by atoms with Crippen LogP contribution >= 0.6 is 11.6 Å². The lowest BCUT2D eigenvalue weighted by Crippen LogP contribution is -2.43. The summed E-state index contributed by atoms with van der Waals surface area (Å²) in [5, 5.41) is 28.0. The van der Waals surface area contributed by atoms with E-state index in [-0.39, 0.29) is 18.9 Å². The van der Waals surface area contributed by atoms with Gasteiger partial charge in [0.05, 0.1) is 34.9 Å². The summed E-state index contributed by atoms with van der Waals surface area (Å²) in [6.07, 6.45) is -2.16. The van der Waals surface area contributed by atoms with Crippen LogP contribution in [0.2, 0.25) is 5.02 Å². The fourth-order valence-electron chi connectivity index (χ4n) is 4.22. The predicted octanol–water partition coefficient (Wildman–Crippen LogP) is 3.94. The molecule has 1 fully saturated rings. The molecule has 0 saturated carbocycles. The summed E-state index contributed by atoms with van der Waals surface area (Å²) >= 11 is 6.43. The van der Waals surface area contributed by atoms with Crippen LogP contribution in [0, 0.1) is 5.82 Å². The Bertz CT molecular complexity index is 1440. The van der Waals surface area contributed by atoms with Crippen molar-refractivity contribution < 1.29 is 24.2 Å². The monoisotopic (exact) mass is 494 g/mol. The lowest BCUT2D eigenvalue weighted by atomic mass is 10.1. The number of β-amino-alcohol motifs (C(OH)–C–C–N with tert-alkyl or cyclic N) is 1. The second kappa shape index (κ2) is 9.01. The molecule has 3 aromatic carbocycles. The Morgan fingerprint density at radius 1 is 1.06 bits per heavy atom. The normalized spacial score (nSPS) is 17.6. The molecule has 2 heterocycles. The average Bonchev–Trinajstić information content (AvgIpc) is 3.40. The number of carbonyl (C=O) groups excluding carboxylic acids is 1. The van der Waals surface area contributed by atoms with E-state index in [1.165, 1.54) is 12.1 Å². The Hall–Kier alpha value is -3.95. The molecule has 8 nitrogen and oxygen atoms in total. The Morgan fingerprint density at radius 2 is 1.80 bits per heavy atom. The zero-order valence-corrected chi connectivity index (χ0v) is 19.0. The van der Waals surface area contributed by atoms with E-state index in [9.17, 15) is 19.1 Å². The largest absolute Gasteiger partial charge is 0.465 e. The molecule has 35 heavy (non-hydrogen) atoms. The highest BCUT2D eigenvalue weighted by Crippen LogP contribution is 2.34. The van der Waals surface area contributed by atoms with Crippen LogP contribution in [0.15, 0.2) is 66.7 Å². The molecule has 0 bridgehead atoms. The molecule has 4 aromatic rings. The molecule has 1 aliphatic rings. The molecular formula is C25H20ClFN4O4. The SMILES string of the molecule is O=C(N[C@@H]1CN(C(=O)O)C[C@H]1O)c1ccc2c(-c3ccccc3Cl)nn(-c3ccc(F)cc3)c2c1. The predicted molar refractivity (Wildman–Crippen MR) is 128 cm³/mol. The minimum atomic E-state index is -1.16. The third-order valence-electron chi connectivity index (χ3n) is 6.02. The van der Waals surface area contributed by atoms with Gasteiger partial charge in [-0.05, 0) is 48.5 Å². The number of aliphatic hydroxyl groups excluding tert-OH is 1. The van der Waals surface area contributed by atoms with E-state index in [0.29, 0.717) is 33.0 Å². The summed E-state index contributed by atoms with van der Waals surface area (Å²) in [5.74, 6) is -0.850. The van der Waals surface area contributed by atoms with Crippen molar-refractivity contribution >= 4 is 34.5 Å². The topological polar surface area (TPSA) is 108 Å². The molecule has 1 aromatic heterocycles. The third kappa shape index (κ3) is 4.31. The van der Waals surface area contributed by atoms with E-state index in [1.807, 2.05) is 18.2 Å². The highest BCUT2D eigenvalue weighted by Gasteiger charge is 2.35. The Kier molecular flexibility index (Phi) is 5.88. The number of aliphatic hydroxyl groups is 1. The number of rotatable bonds is 4. The van der Waals surface area contributed by atoms with Crippen LogP contribution in [0.4, 0.5) is 9.18 Å². The first-order chi connectivity index (χ1) is 16.8. The minimum absolute atomic E-state index is 0.00531. The molecule has 10 heteroatoms. The Balaban J connectivity index is 1.56. The summed E-state index contributed by atoms with van der Waals surface area (Å²) in [7, 11) is 0. The third-order valence-corrected chi connectivity index (χ3v) is 6.35. The number of amides is 2. The number of carbonyl (C=O) groups is 2. The van der Waals surface area contributed by atoms with Crippen LogP contribution in [0.25, 0.3) is 27.8 Å². The fraction of sp³-hybridized carbons (Fsp3) is 0.160. The molecule has 3 N–H and O–H groups in total. The van der Waals surface area contributed by atoms with Crippen molar-refractivity contribution in [2.24, 2.45) is 0 Å². The zero-order valence-electron chi connectivity index (χ0n) is 18.2. The highest BCUT2D eigenvalue weighted by molar-refractivity contribution is 6.33. The molecule has 0 spiro atoms. The number of hydrogen-bond acceptors (Lipinski definition) is 4. The van der Waals surface area contributed by atoms with Gasteiger partial charge < -0.3 is 20.4 Å². The van der Waals surface area contributed by atoms with Gasteiger partial charge in [0.1, 0.15) is 11.5 Å². The van der Waals surface area contributed by atoms with E-state index < -0.39 is 24.1 Å². The molecule has 0 unspecified atom stereocenters. The van der Waals surface area contributed by atoms with E-state index in [0.717, 1.165) is 10.3 Å². The van der Waals surface area contributed by atoms with Gasteiger partial charge in [-0.1, -0.05) is 29.8 Å². The van der Waals surface area contributed by atoms with E-state index >= 15 is 0 Å². The molecule has 2 amide bonds. The maximum atomic E-state index is 13.6. The van der Waals surface area contributed by atoms with E-state index in [4.69, 9.17) is 21.8 Å². The number of nitrogens with one attached hydrogen (secondary N) is 1. The minimum Gasteiger partial charge on any atom is -0.465 e. The Labute approximate surface area is 204 Å². The first-order valence-corrected chi connectivity index (χ1v) is 11.2. The van der Waals surface area contributed by atoms with Crippen LogP contribution in [-0.2, 0) is 0 Å². The van der Waals surface area contributed by atoms with E-state index in [2.05, 4.69) is 5.32 Å². The number of nitrogens with zero attached hydrogens (tertiary/aromatic N) is 3. The summed E-state index contributed by atoms with van der Waals surface area (Å²) in [6.45, 7) is -0.0769. The van der Waals surface area contributed by atoms with Crippen LogP contribution in [0.3, 0.4) is 0 Å². The first-order valence-electron chi connectivity index (χ1n) is 10.8. The number of benzene rings is 3. The summed E-state index contributed by atoms with van der Waals surface area (Å²) < 4.78 is 15.2. The zero-order chi connectivity index (χ0) is 24.7. The van der Waals surface area contributed by atoms with Gasteiger partial charge >= 0.3 is 6.09 Å². The first kappa shape index (κ1) is 22.8. The number of halogens is 2. The van der Waals surface area contributed by atoms with Gasteiger partial charge in [-0.2, -0.15) is 5.10 Å². The number of likely N-dealkylation sites (tertiary alicyclic amines) is 1. The molecular weight excluding hydrogens is 475 g/mol. The van der Waals surface area contributed by atoms with Crippen molar-refractivity contribution in [2.75, 3.05) is 13.1 Å². The van der Waals surface area contributed by atoms with Crippen LogP contribution in [0.1, 0.15) is 10.4 Å². The lowest BCUT2D eigenvalue weighted by molar-refractivity contribution is 0.0888. The van der Waals surface area contributed by atoms with Gasteiger partial charge in [0, 0.05) is 23.1 Å². The van der Waals surface area contributed by atoms with Crippen LogP contribution in [-0.4, -0.2) is 62.1 Å². The maximum absolute atomic E-state index is 13.6. The standard InChI is InChI=1S/C25H20ClFN4O4/c26-19-4-2-1-3-17(19)23-18-10-5-14(24(33)28-20-12-30(25(34)35)13-22(20)32)11-21(18)31(29-23)16-8-6-15(27)7-9-16/h1-11,20,22,32H,12-13H2,(H,28,33)(H,34,35)/t20-,22-/m1/s1. The lowest BCUT2D eigenvalue weighted by Gasteiger charge is -2.15. The molecule has 0 aliphatic carbocycles. The van der Waals surface area contributed by atoms with Gasteiger partial charge in [0.15, 0.2) is 0 Å². The number of aromatic nitrogens is 2. The molecule has 0 radical (unpaired) electrons. The van der Waals surface area contributed by atoms with Crippen molar-refractivity contribution in [3.63, 3.8) is 0 Å². The van der Waals surface area contributed by atoms with Crippen LogP contribution in [0.5, 0.6) is 0 Å². The number of fused-ring (bicyclic) bond motifs is 1. The van der Waals surface area contributed by atoms with Gasteiger partial charge in [-0.3, -0.25) is 4.79 Å². The van der Waals surface area contributed by atoms with Gasteiger partial charge in [0.2, 0.25) is 0 Å². The number of hydrogen-bond donors (Lipinski definition) is 3. The van der Waals surface area contributed by atoms with Crippen molar-refractivity contribution in [1.29, 1.82) is 0 Å². The highest BCUT2D eigenvalue weighted by atomic mass is 35.5. The van der Waals surface area contributed by atoms with Crippen molar-refractivity contribution in [3.05, 3.63) is 83.1 Å². The molecule has 5 rings (SSSR count). The van der Waals surface area contributed by atoms with E-state index in [1.54, 1.807) is 41.1 Å². The van der Waals surface area contributed by atoms with Crippen molar-refractivity contribution in [2.45, 2.75) is 12.1 Å².